The van der Waals surface area contributed by atoms with Crippen molar-refractivity contribution in [2.75, 3.05) is 6.61 Å². The van der Waals surface area contributed by atoms with Crippen molar-refractivity contribution in [1.29, 1.82) is 0 Å². The summed E-state index contributed by atoms with van der Waals surface area (Å²) >= 11 is 0. The molecule has 8 heteroatoms. The molecule has 0 radical (unpaired) electrons. The van der Waals surface area contributed by atoms with Crippen LogP contribution in [0.3, 0.4) is 0 Å². The number of nitrogens with zero attached hydrogens (tertiary/aromatic N) is 2. The molecule has 1 aromatic carbocycles. The third-order valence-electron chi connectivity index (χ3n) is 5.15. The fourth-order valence-electron chi connectivity index (χ4n) is 4.00. The van der Waals surface area contributed by atoms with E-state index in [0.29, 0.717) is 0 Å². The molecule has 0 aliphatic carbocycles. The molecule has 3 aliphatic heterocycles. The third kappa shape index (κ3) is 2.63. The van der Waals surface area contributed by atoms with Gasteiger partial charge in [-0.2, -0.15) is 0 Å². The van der Waals surface area contributed by atoms with E-state index in [-0.39, 0.29) is 31.2 Å². The van der Waals surface area contributed by atoms with E-state index in [0.717, 1.165) is 5.56 Å². The smallest absolute Gasteiger partial charge is 0.336 e. The maximum atomic E-state index is 13.2. The Morgan fingerprint density at radius 3 is 2.63 bits per heavy atom. The highest BCUT2D eigenvalue weighted by Crippen LogP contribution is 2.44. The quantitative estimate of drug-likeness (QED) is 0.778. The topological polar surface area (TPSA) is 80.9 Å². The van der Waals surface area contributed by atoms with Crippen LogP contribution in [0.5, 0.6) is 5.88 Å². The molecule has 4 heterocycles. The summed E-state index contributed by atoms with van der Waals surface area (Å²) in [5.74, 6) is -0.559. The monoisotopic (exact) mass is 372 g/mol. The number of rotatable bonds is 2. The number of benzene rings is 1. The van der Waals surface area contributed by atoms with Crippen LogP contribution >= 0.6 is 0 Å². The first-order chi connectivity index (χ1) is 12.9. The summed E-state index contributed by atoms with van der Waals surface area (Å²) in [6.07, 6.45) is -1.82. The van der Waals surface area contributed by atoms with E-state index >= 15 is 0 Å². The first kappa shape index (κ1) is 16.7. The Hall–Kier alpha value is -2.42. The molecule has 0 spiro atoms. The van der Waals surface area contributed by atoms with Gasteiger partial charge in [0.2, 0.25) is 5.88 Å². The van der Waals surface area contributed by atoms with Gasteiger partial charge in [0.25, 0.3) is 5.56 Å². The van der Waals surface area contributed by atoms with Gasteiger partial charge in [-0.25, -0.2) is 9.36 Å². The van der Waals surface area contributed by atoms with E-state index in [1.165, 1.54) is 15.2 Å². The minimum atomic E-state index is -0.762. The Bertz CT molecular complexity index is 995. The van der Waals surface area contributed by atoms with Crippen LogP contribution in [0.2, 0.25) is 0 Å². The van der Waals surface area contributed by atoms with Crippen LogP contribution in [0.4, 0.5) is 0 Å². The molecule has 2 bridgehead atoms. The van der Waals surface area contributed by atoms with Crippen molar-refractivity contribution in [3.8, 4) is 5.88 Å². The van der Waals surface area contributed by atoms with Gasteiger partial charge in [-0.3, -0.25) is 9.36 Å². The molecule has 2 aromatic rings. The average molecular weight is 372 g/mol. The largest absolute Gasteiger partial charge is 0.476 e. The lowest BCUT2D eigenvalue weighted by molar-refractivity contribution is -0.196. The van der Waals surface area contributed by atoms with Crippen molar-refractivity contribution in [1.82, 2.24) is 9.13 Å². The maximum Gasteiger partial charge on any atom is 0.336 e. The lowest BCUT2D eigenvalue weighted by Gasteiger charge is -2.23. The summed E-state index contributed by atoms with van der Waals surface area (Å²) in [5.41, 5.74) is -0.0363. The van der Waals surface area contributed by atoms with Gasteiger partial charge in [-0.1, -0.05) is 30.3 Å². The van der Waals surface area contributed by atoms with E-state index in [1.54, 1.807) is 0 Å². The Kier molecular flexibility index (Phi) is 3.59. The van der Waals surface area contributed by atoms with Crippen LogP contribution in [0.25, 0.3) is 0 Å². The van der Waals surface area contributed by atoms with Gasteiger partial charge in [0.05, 0.1) is 12.6 Å². The highest BCUT2D eigenvalue weighted by molar-refractivity contribution is 5.18. The van der Waals surface area contributed by atoms with Gasteiger partial charge in [-0.15, -0.1) is 0 Å². The molecule has 5 rings (SSSR count). The highest BCUT2D eigenvalue weighted by Gasteiger charge is 2.57. The second kappa shape index (κ2) is 5.79. The van der Waals surface area contributed by atoms with Crippen molar-refractivity contribution < 1.29 is 18.9 Å². The molecule has 1 aromatic heterocycles. The van der Waals surface area contributed by atoms with Gasteiger partial charge >= 0.3 is 5.69 Å². The predicted octanol–water partition coefficient (Wildman–Crippen LogP) is 0.868. The Labute approximate surface area is 154 Å². The normalized spacial score (nSPS) is 30.3. The summed E-state index contributed by atoms with van der Waals surface area (Å²) in [6, 6.07) is 10.7. The number of hydrogen-bond acceptors (Lipinski definition) is 6. The van der Waals surface area contributed by atoms with Crippen LogP contribution in [-0.4, -0.2) is 39.8 Å². The second-order valence-electron chi connectivity index (χ2n) is 7.49. The molecule has 2 fully saturated rings. The summed E-state index contributed by atoms with van der Waals surface area (Å²) in [4.78, 5) is 25.7. The van der Waals surface area contributed by atoms with Crippen LogP contribution in [0, 0.1) is 0 Å². The van der Waals surface area contributed by atoms with Crippen LogP contribution in [-0.2, 0) is 20.8 Å². The van der Waals surface area contributed by atoms with Gasteiger partial charge in [0.15, 0.2) is 12.0 Å². The maximum absolute atomic E-state index is 13.2. The molecule has 0 saturated carbocycles. The number of aromatic nitrogens is 2. The van der Waals surface area contributed by atoms with E-state index in [9.17, 15) is 9.59 Å². The van der Waals surface area contributed by atoms with Crippen LogP contribution in [0.1, 0.15) is 25.6 Å². The van der Waals surface area contributed by atoms with Gasteiger partial charge in [-0.05, 0) is 19.4 Å². The summed E-state index contributed by atoms with van der Waals surface area (Å²) < 4.78 is 26.2. The van der Waals surface area contributed by atoms with Crippen molar-refractivity contribution >= 4 is 0 Å². The van der Waals surface area contributed by atoms with E-state index < -0.39 is 29.4 Å². The van der Waals surface area contributed by atoms with Crippen molar-refractivity contribution in [2.24, 2.45) is 0 Å². The zero-order valence-electron chi connectivity index (χ0n) is 15.0. The fraction of sp³-hybridized carbons (Fsp3) is 0.474. The van der Waals surface area contributed by atoms with Gasteiger partial charge in [0, 0.05) is 0 Å². The molecule has 0 amide bonds. The molecular weight excluding hydrogens is 352 g/mol. The molecule has 0 unspecified atom stereocenters. The zero-order chi connectivity index (χ0) is 18.8. The predicted molar refractivity (Wildman–Crippen MR) is 93.7 cm³/mol. The Morgan fingerprint density at radius 2 is 1.85 bits per heavy atom. The fourth-order valence-corrected chi connectivity index (χ4v) is 4.00. The average Bonchev–Trinajstić information content (AvgIpc) is 3.02. The summed E-state index contributed by atoms with van der Waals surface area (Å²) in [5, 5.41) is 0. The molecule has 27 heavy (non-hydrogen) atoms. The molecule has 3 aliphatic rings. The van der Waals surface area contributed by atoms with Crippen molar-refractivity contribution in [3.63, 3.8) is 0 Å². The minimum absolute atomic E-state index is 0.173. The van der Waals surface area contributed by atoms with Crippen LogP contribution in [0.15, 0.2) is 46.0 Å². The van der Waals surface area contributed by atoms with Gasteiger partial charge < -0.3 is 18.9 Å². The van der Waals surface area contributed by atoms with E-state index in [4.69, 9.17) is 18.9 Å². The number of fused-ring (bicyclic) bond motifs is 7. The summed E-state index contributed by atoms with van der Waals surface area (Å²) in [6.45, 7) is 4.03. The van der Waals surface area contributed by atoms with Crippen molar-refractivity contribution in [2.45, 2.75) is 50.7 Å². The Balaban J connectivity index is 1.60. The molecular formula is C19H20N2O6. The first-order valence-corrected chi connectivity index (χ1v) is 8.97. The van der Waals surface area contributed by atoms with Gasteiger partial charge in [0.1, 0.15) is 24.9 Å². The zero-order valence-corrected chi connectivity index (χ0v) is 15.0. The van der Waals surface area contributed by atoms with Crippen molar-refractivity contribution in [3.05, 3.63) is 62.8 Å². The molecule has 8 nitrogen and oxygen atoms in total. The molecule has 0 N–H and O–H groups in total. The van der Waals surface area contributed by atoms with Crippen LogP contribution < -0.4 is 16.0 Å². The van der Waals surface area contributed by atoms with E-state index in [1.807, 2.05) is 44.2 Å². The Morgan fingerprint density at radius 1 is 1.11 bits per heavy atom. The number of hydrogen-bond donors (Lipinski definition) is 0. The standard InChI is InChI=1S/C19H20N2O6/c1-19(2)26-15-12-10-24-14-8-13(22)20(9-11-6-4-3-5-7-11)18(23)21(14)17(25-12)16(15)27-19/h3-8,12,15-17H,9-10H2,1-2H3/t12-,15-,16-,17-/m1/s1. The molecule has 142 valence electrons. The molecule has 4 atom stereocenters. The lowest BCUT2D eigenvalue weighted by Crippen LogP contribution is -2.44. The van der Waals surface area contributed by atoms with E-state index in [2.05, 4.69) is 0 Å². The highest BCUT2D eigenvalue weighted by atomic mass is 16.8. The lowest BCUT2D eigenvalue weighted by atomic mass is 10.1. The number of ether oxygens (including phenoxy) is 4. The summed E-state index contributed by atoms with van der Waals surface area (Å²) in [7, 11) is 0. The SMILES string of the molecule is CC1(C)O[C@@H]2[C@H](O1)[C@H]1COc3cc(=O)n(Cc4ccccc4)c(=O)n3[C@@H]2O1. The minimum Gasteiger partial charge on any atom is -0.476 e. The second-order valence-corrected chi connectivity index (χ2v) is 7.49. The third-order valence-corrected chi connectivity index (χ3v) is 5.15. The first-order valence-electron chi connectivity index (χ1n) is 8.97. The molecule has 2 saturated heterocycles.